The monoisotopic (exact) mass is 354 g/mol. The Kier molecular flexibility index (Phi) is 3.03. The summed E-state index contributed by atoms with van der Waals surface area (Å²) in [5.74, 6) is -1.21. The van der Waals surface area contributed by atoms with Crippen molar-refractivity contribution in [3.8, 4) is 5.69 Å². The highest BCUT2D eigenvalue weighted by molar-refractivity contribution is 6.35. The van der Waals surface area contributed by atoms with Crippen LogP contribution in [-0.2, 0) is 16.1 Å². The molecule has 0 spiro atoms. The lowest BCUT2D eigenvalue weighted by atomic mass is 9.98. The summed E-state index contributed by atoms with van der Waals surface area (Å²) < 4.78 is 14.9. The third-order valence-corrected chi connectivity index (χ3v) is 5.36. The van der Waals surface area contributed by atoms with Crippen LogP contribution in [0.3, 0.4) is 0 Å². The van der Waals surface area contributed by atoms with Crippen molar-refractivity contribution in [1.82, 2.24) is 29.8 Å². The molecule has 132 valence electrons. The number of nitrogens with zero attached hydrogens (tertiary/aromatic N) is 6. The maximum absolute atomic E-state index is 13.3. The minimum atomic E-state index is -0.550. The summed E-state index contributed by atoms with van der Waals surface area (Å²) in [5.41, 5.74) is 1.65. The van der Waals surface area contributed by atoms with Crippen LogP contribution in [0.15, 0.2) is 42.1 Å². The highest BCUT2D eigenvalue weighted by Crippen LogP contribution is 2.63. The van der Waals surface area contributed by atoms with E-state index >= 15 is 0 Å². The summed E-state index contributed by atoms with van der Waals surface area (Å²) in [6.07, 6.45) is 5.76. The molecule has 9 heteroatoms. The fourth-order valence-corrected chi connectivity index (χ4v) is 3.80. The Balaban J connectivity index is 1.27. The standard InChI is InChI=1S/C17H15FN6O2/c18-14-8-17(7-13(14)17)23-6-5-22(15(25)16(23)26)10-11-1-2-12(9-19-11)24-4-3-20-21-24/h1-4,9H,5-8,10H2. The van der Waals surface area contributed by atoms with Crippen LogP contribution >= 0.6 is 0 Å². The molecule has 26 heavy (non-hydrogen) atoms. The predicted molar refractivity (Wildman–Crippen MR) is 86.4 cm³/mol. The molecular formula is C17H15FN6O2. The molecule has 2 aliphatic carbocycles. The number of piperazine rings is 1. The second-order valence-electron chi connectivity index (χ2n) is 6.81. The van der Waals surface area contributed by atoms with Gasteiger partial charge in [0.05, 0.1) is 42.1 Å². The number of pyridine rings is 1. The van der Waals surface area contributed by atoms with Crippen molar-refractivity contribution >= 4 is 11.8 Å². The molecule has 1 atom stereocenters. The van der Waals surface area contributed by atoms with Crippen LogP contribution in [0.2, 0.25) is 0 Å². The molecular weight excluding hydrogens is 339 g/mol. The van der Waals surface area contributed by atoms with Gasteiger partial charge in [0.15, 0.2) is 0 Å². The summed E-state index contributed by atoms with van der Waals surface area (Å²) in [5, 5.41) is 7.63. The number of halogens is 1. The van der Waals surface area contributed by atoms with Gasteiger partial charge in [-0.15, -0.1) is 5.10 Å². The maximum Gasteiger partial charge on any atom is 0.312 e. The van der Waals surface area contributed by atoms with Crippen LogP contribution in [-0.4, -0.2) is 60.2 Å². The number of aromatic nitrogens is 4. The van der Waals surface area contributed by atoms with Gasteiger partial charge in [-0.1, -0.05) is 5.21 Å². The number of amides is 2. The third-order valence-electron chi connectivity index (χ3n) is 5.36. The normalized spacial score (nSPS) is 24.7. The van der Waals surface area contributed by atoms with Gasteiger partial charge in [-0.25, -0.2) is 9.07 Å². The van der Waals surface area contributed by atoms with E-state index in [0.717, 1.165) is 5.69 Å². The second-order valence-corrected chi connectivity index (χ2v) is 6.81. The van der Waals surface area contributed by atoms with Gasteiger partial charge in [0, 0.05) is 25.9 Å². The van der Waals surface area contributed by atoms with Crippen molar-refractivity contribution in [3.63, 3.8) is 0 Å². The van der Waals surface area contributed by atoms with Crippen LogP contribution < -0.4 is 0 Å². The topological polar surface area (TPSA) is 84.2 Å². The van der Waals surface area contributed by atoms with E-state index in [4.69, 9.17) is 0 Å². The van der Waals surface area contributed by atoms with E-state index in [9.17, 15) is 14.0 Å². The first-order chi connectivity index (χ1) is 12.6. The predicted octanol–water partition coefficient (Wildman–Crippen LogP) is 0.603. The van der Waals surface area contributed by atoms with Gasteiger partial charge in [-0.2, -0.15) is 0 Å². The molecule has 3 heterocycles. The van der Waals surface area contributed by atoms with Gasteiger partial charge in [0.1, 0.15) is 5.83 Å². The first kappa shape index (κ1) is 15.2. The van der Waals surface area contributed by atoms with Gasteiger partial charge in [0.2, 0.25) is 0 Å². The fraction of sp³-hybridized carbons (Fsp3) is 0.353. The second kappa shape index (κ2) is 5.20. The van der Waals surface area contributed by atoms with Crippen LogP contribution in [0.4, 0.5) is 4.39 Å². The summed E-state index contributed by atoms with van der Waals surface area (Å²) in [6.45, 7) is 1.12. The zero-order valence-electron chi connectivity index (χ0n) is 13.8. The largest absolute Gasteiger partial charge is 0.327 e. The number of carbonyl (C=O) groups is 2. The summed E-state index contributed by atoms with van der Waals surface area (Å²) >= 11 is 0. The summed E-state index contributed by atoms with van der Waals surface area (Å²) in [4.78, 5) is 32.3. The molecule has 2 fully saturated rings. The number of hydrogen-bond acceptors (Lipinski definition) is 5. The summed E-state index contributed by atoms with van der Waals surface area (Å²) in [7, 11) is 0. The first-order valence-corrected chi connectivity index (χ1v) is 8.39. The summed E-state index contributed by atoms with van der Waals surface area (Å²) in [6, 6.07) is 3.62. The zero-order chi connectivity index (χ0) is 17.9. The lowest BCUT2D eigenvalue weighted by Gasteiger charge is -2.40. The van der Waals surface area contributed by atoms with Crippen LogP contribution in [0, 0.1) is 0 Å². The van der Waals surface area contributed by atoms with Crippen molar-refractivity contribution in [1.29, 1.82) is 0 Å². The minimum absolute atomic E-state index is 0.121. The number of fused-ring (bicyclic) bond motifs is 1. The first-order valence-electron chi connectivity index (χ1n) is 8.39. The Morgan fingerprint density at radius 3 is 2.65 bits per heavy atom. The Morgan fingerprint density at radius 1 is 1.15 bits per heavy atom. The van der Waals surface area contributed by atoms with Crippen molar-refractivity contribution < 1.29 is 14.0 Å². The van der Waals surface area contributed by atoms with Crippen molar-refractivity contribution in [2.75, 3.05) is 13.1 Å². The Hall–Kier alpha value is -3.10. The third kappa shape index (κ3) is 2.09. The van der Waals surface area contributed by atoms with Gasteiger partial charge in [0.25, 0.3) is 0 Å². The van der Waals surface area contributed by atoms with Gasteiger partial charge >= 0.3 is 11.8 Å². The van der Waals surface area contributed by atoms with E-state index in [1.54, 1.807) is 34.2 Å². The molecule has 0 aromatic carbocycles. The number of carbonyl (C=O) groups excluding carboxylic acids is 2. The smallest absolute Gasteiger partial charge is 0.312 e. The van der Waals surface area contributed by atoms with E-state index in [2.05, 4.69) is 15.3 Å². The van der Waals surface area contributed by atoms with Crippen molar-refractivity contribution in [2.24, 2.45) is 0 Å². The Morgan fingerprint density at radius 2 is 2.04 bits per heavy atom. The lowest BCUT2D eigenvalue weighted by molar-refractivity contribution is -0.159. The van der Waals surface area contributed by atoms with Crippen LogP contribution in [0.25, 0.3) is 5.69 Å². The molecule has 2 aromatic rings. The Labute approximate surface area is 147 Å². The molecule has 0 radical (unpaired) electrons. The van der Waals surface area contributed by atoms with E-state index in [0.29, 0.717) is 30.8 Å². The molecule has 2 aromatic heterocycles. The van der Waals surface area contributed by atoms with Crippen molar-refractivity contribution in [3.05, 3.63) is 47.8 Å². The molecule has 1 saturated heterocycles. The van der Waals surface area contributed by atoms with E-state index in [1.807, 2.05) is 6.07 Å². The van der Waals surface area contributed by atoms with Crippen molar-refractivity contribution in [2.45, 2.75) is 24.9 Å². The SMILES string of the molecule is O=C1C(=O)N(C23CC(F)=C2C3)CCN1Cc1ccc(-n2ccnn2)cn1. The van der Waals surface area contributed by atoms with E-state index in [1.165, 1.54) is 4.90 Å². The quantitative estimate of drug-likeness (QED) is 0.751. The van der Waals surface area contributed by atoms with Gasteiger partial charge < -0.3 is 9.80 Å². The molecule has 8 nitrogen and oxygen atoms in total. The average Bonchev–Trinajstić information content (AvgIpc) is 3.00. The van der Waals surface area contributed by atoms with Gasteiger partial charge in [-0.05, 0) is 17.7 Å². The lowest BCUT2D eigenvalue weighted by Crippen LogP contribution is -2.59. The van der Waals surface area contributed by atoms with Crippen LogP contribution in [0.5, 0.6) is 0 Å². The Bertz CT molecular complexity index is 939. The van der Waals surface area contributed by atoms with E-state index < -0.39 is 17.4 Å². The van der Waals surface area contributed by atoms with Gasteiger partial charge in [-0.3, -0.25) is 14.6 Å². The molecule has 2 amide bonds. The molecule has 1 saturated carbocycles. The number of hydrogen-bond donors (Lipinski definition) is 0. The average molecular weight is 354 g/mol. The highest BCUT2D eigenvalue weighted by Gasteiger charge is 2.65. The zero-order valence-corrected chi connectivity index (χ0v) is 13.8. The number of rotatable bonds is 4. The molecule has 0 bridgehead atoms. The van der Waals surface area contributed by atoms with E-state index in [-0.39, 0.29) is 18.8 Å². The molecule has 1 aliphatic heterocycles. The molecule has 3 aliphatic rings. The molecule has 1 unspecified atom stereocenters. The molecule has 5 rings (SSSR count). The molecule has 0 N–H and O–H groups in total. The highest BCUT2D eigenvalue weighted by atomic mass is 19.1. The van der Waals surface area contributed by atoms with Crippen LogP contribution in [0.1, 0.15) is 18.5 Å². The minimum Gasteiger partial charge on any atom is -0.327 e. The fourth-order valence-electron chi connectivity index (χ4n) is 3.80. The maximum atomic E-state index is 13.3.